The molecule has 0 heterocycles. The van der Waals surface area contributed by atoms with Gasteiger partial charge in [0.25, 0.3) is 0 Å². The van der Waals surface area contributed by atoms with E-state index in [0.717, 1.165) is 5.56 Å². The first-order valence-corrected chi connectivity index (χ1v) is 5.06. The van der Waals surface area contributed by atoms with E-state index < -0.39 is 12.2 Å². The Morgan fingerprint density at radius 2 is 2.00 bits per heavy atom. The molecule has 0 saturated heterocycles. The zero-order valence-electron chi connectivity index (χ0n) is 8.37. The van der Waals surface area contributed by atoms with Gasteiger partial charge in [0.1, 0.15) is 6.10 Å². The minimum Gasteiger partial charge on any atom is -0.390 e. The number of hydrogen-bond donors (Lipinski definition) is 2. The van der Waals surface area contributed by atoms with Crippen molar-refractivity contribution >= 4 is 11.6 Å². The second-order valence-electron chi connectivity index (χ2n) is 3.45. The Morgan fingerprint density at radius 3 is 2.50 bits per heavy atom. The molecule has 14 heavy (non-hydrogen) atoms. The first kappa shape index (κ1) is 11.5. The molecule has 0 saturated carbocycles. The van der Waals surface area contributed by atoms with E-state index in [0.29, 0.717) is 17.0 Å². The summed E-state index contributed by atoms with van der Waals surface area (Å²) in [5.74, 6) is 0. The number of aryl methyl sites for hydroxylation is 1. The Bertz CT molecular complexity index is 312. The summed E-state index contributed by atoms with van der Waals surface area (Å²) in [5, 5.41) is 19.7. The Labute approximate surface area is 89.1 Å². The molecular formula is C11H15ClO2. The standard InChI is InChI=1S/C11H15ClO2/c1-3-10(13)11(14)8-5-4-7(2)6-9(8)12/h4-6,10-11,13-14H,3H2,1-2H3. The van der Waals surface area contributed by atoms with E-state index in [9.17, 15) is 10.2 Å². The van der Waals surface area contributed by atoms with Gasteiger partial charge < -0.3 is 10.2 Å². The molecule has 0 amide bonds. The molecule has 0 aliphatic carbocycles. The van der Waals surface area contributed by atoms with Gasteiger partial charge in [0.2, 0.25) is 0 Å². The van der Waals surface area contributed by atoms with E-state index in [1.165, 1.54) is 0 Å². The predicted molar refractivity (Wildman–Crippen MR) is 57.4 cm³/mol. The Hall–Kier alpha value is -0.570. The molecule has 2 N–H and O–H groups in total. The highest BCUT2D eigenvalue weighted by atomic mass is 35.5. The van der Waals surface area contributed by atoms with Crippen LogP contribution in [0.5, 0.6) is 0 Å². The number of aliphatic hydroxyl groups excluding tert-OH is 2. The van der Waals surface area contributed by atoms with Crippen molar-refractivity contribution in [3.63, 3.8) is 0 Å². The molecule has 0 aliphatic heterocycles. The Balaban J connectivity index is 2.95. The van der Waals surface area contributed by atoms with E-state index in [1.54, 1.807) is 12.1 Å². The molecule has 3 heteroatoms. The zero-order valence-corrected chi connectivity index (χ0v) is 9.12. The van der Waals surface area contributed by atoms with Gasteiger partial charge in [0.15, 0.2) is 0 Å². The summed E-state index contributed by atoms with van der Waals surface area (Å²) < 4.78 is 0. The van der Waals surface area contributed by atoms with E-state index in [1.807, 2.05) is 19.9 Å². The molecule has 0 spiro atoms. The van der Waals surface area contributed by atoms with Crippen LogP contribution < -0.4 is 0 Å². The third kappa shape index (κ3) is 2.47. The van der Waals surface area contributed by atoms with Gasteiger partial charge in [-0.05, 0) is 25.0 Å². The summed E-state index contributed by atoms with van der Waals surface area (Å²) in [5.41, 5.74) is 1.63. The summed E-state index contributed by atoms with van der Waals surface area (Å²) in [7, 11) is 0. The summed E-state index contributed by atoms with van der Waals surface area (Å²) in [4.78, 5) is 0. The maximum atomic E-state index is 9.73. The van der Waals surface area contributed by atoms with Crippen LogP contribution in [0.15, 0.2) is 18.2 Å². The molecule has 0 aromatic heterocycles. The van der Waals surface area contributed by atoms with Crippen LogP contribution in [0.1, 0.15) is 30.6 Å². The molecular weight excluding hydrogens is 200 g/mol. The van der Waals surface area contributed by atoms with Gasteiger partial charge in [-0.15, -0.1) is 0 Å². The summed E-state index contributed by atoms with van der Waals surface area (Å²) >= 11 is 5.95. The van der Waals surface area contributed by atoms with Crippen molar-refractivity contribution in [2.24, 2.45) is 0 Å². The monoisotopic (exact) mass is 214 g/mol. The second kappa shape index (κ2) is 4.78. The first-order valence-electron chi connectivity index (χ1n) is 4.68. The van der Waals surface area contributed by atoms with Crippen LogP contribution >= 0.6 is 11.6 Å². The van der Waals surface area contributed by atoms with Crippen molar-refractivity contribution < 1.29 is 10.2 Å². The number of rotatable bonds is 3. The van der Waals surface area contributed by atoms with Gasteiger partial charge in [-0.1, -0.05) is 30.7 Å². The van der Waals surface area contributed by atoms with Crippen molar-refractivity contribution in [3.8, 4) is 0 Å². The van der Waals surface area contributed by atoms with E-state index in [2.05, 4.69) is 0 Å². The van der Waals surface area contributed by atoms with Crippen molar-refractivity contribution in [2.45, 2.75) is 32.5 Å². The maximum Gasteiger partial charge on any atom is 0.106 e. The third-order valence-corrected chi connectivity index (χ3v) is 2.58. The van der Waals surface area contributed by atoms with Gasteiger partial charge in [-0.25, -0.2) is 0 Å². The lowest BCUT2D eigenvalue weighted by molar-refractivity contribution is 0.0165. The zero-order chi connectivity index (χ0) is 10.7. The summed E-state index contributed by atoms with van der Waals surface area (Å²) in [6.07, 6.45) is -1.14. The summed E-state index contributed by atoms with van der Waals surface area (Å²) in [6.45, 7) is 3.74. The third-order valence-electron chi connectivity index (χ3n) is 2.26. The molecule has 2 nitrogen and oxygen atoms in total. The minimum absolute atomic E-state index is 0.505. The van der Waals surface area contributed by atoms with Gasteiger partial charge in [0, 0.05) is 10.6 Å². The SMILES string of the molecule is CCC(O)C(O)c1ccc(C)cc1Cl. The van der Waals surface area contributed by atoms with Crippen LogP contribution in [0.25, 0.3) is 0 Å². The van der Waals surface area contributed by atoms with Gasteiger partial charge in [-0.3, -0.25) is 0 Å². The van der Waals surface area contributed by atoms with Gasteiger partial charge in [-0.2, -0.15) is 0 Å². The average molecular weight is 215 g/mol. The number of hydrogen-bond acceptors (Lipinski definition) is 2. The van der Waals surface area contributed by atoms with Crippen LogP contribution in [-0.4, -0.2) is 16.3 Å². The number of aliphatic hydroxyl groups is 2. The van der Waals surface area contributed by atoms with Gasteiger partial charge >= 0.3 is 0 Å². The molecule has 1 rings (SSSR count). The highest BCUT2D eigenvalue weighted by Crippen LogP contribution is 2.27. The molecule has 0 fully saturated rings. The highest BCUT2D eigenvalue weighted by Gasteiger charge is 2.18. The van der Waals surface area contributed by atoms with E-state index in [-0.39, 0.29) is 0 Å². The normalized spacial score (nSPS) is 15.2. The lowest BCUT2D eigenvalue weighted by Crippen LogP contribution is -2.17. The fourth-order valence-corrected chi connectivity index (χ4v) is 1.65. The van der Waals surface area contributed by atoms with Crippen molar-refractivity contribution in [3.05, 3.63) is 34.3 Å². The fourth-order valence-electron chi connectivity index (χ4n) is 1.30. The molecule has 1 aromatic carbocycles. The maximum absolute atomic E-state index is 9.73. The minimum atomic E-state index is -0.895. The van der Waals surface area contributed by atoms with E-state index >= 15 is 0 Å². The van der Waals surface area contributed by atoms with E-state index in [4.69, 9.17) is 11.6 Å². The highest BCUT2D eigenvalue weighted by molar-refractivity contribution is 6.31. The Kier molecular flexibility index (Phi) is 3.93. The van der Waals surface area contributed by atoms with Gasteiger partial charge in [0.05, 0.1) is 6.10 Å². The number of halogens is 1. The van der Waals surface area contributed by atoms with Crippen molar-refractivity contribution in [2.75, 3.05) is 0 Å². The second-order valence-corrected chi connectivity index (χ2v) is 3.85. The molecule has 2 atom stereocenters. The predicted octanol–water partition coefficient (Wildman–Crippen LogP) is 2.45. The van der Waals surface area contributed by atoms with Crippen LogP contribution in [0.2, 0.25) is 5.02 Å². The topological polar surface area (TPSA) is 40.5 Å². The smallest absolute Gasteiger partial charge is 0.106 e. The molecule has 0 radical (unpaired) electrons. The molecule has 0 bridgehead atoms. The molecule has 1 aromatic rings. The van der Waals surface area contributed by atoms with Crippen molar-refractivity contribution in [1.82, 2.24) is 0 Å². The quantitative estimate of drug-likeness (QED) is 0.812. The lowest BCUT2D eigenvalue weighted by atomic mass is 10.0. The average Bonchev–Trinajstić information content (AvgIpc) is 2.15. The van der Waals surface area contributed by atoms with Crippen LogP contribution in [0.3, 0.4) is 0 Å². The van der Waals surface area contributed by atoms with Crippen LogP contribution in [-0.2, 0) is 0 Å². The molecule has 78 valence electrons. The fraction of sp³-hybridized carbons (Fsp3) is 0.455. The van der Waals surface area contributed by atoms with Crippen LogP contribution in [0, 0.1) is 6.92 Å². The first-order chi connectivity index (χ1) is 6.56. The van der Waals surface area contributed by atoms with Crippen LogP contribution in [0.4, 0.5) is 0 Å². The Morgan fingerprint density at radius 1 is 1.36 bits per heavy atom. The summed E-state index contributed by atoms with van der Waals surface area (Å²) in [6, 6.07) is 5.40. The lowest BCUT2D eigenvalue weighted by Gasteiger charge is -2.17. The number of benzene rings is 1. The molecule has 2 unspecified atom stereocenters. The largest absolute Gasteiger partial charge is 0.390 e. The molecule has 0 aliphatic rings. The van der Waals surface area contributed by atoms with Crippen molar-refractivity contribution in [1.29, 1.82) is 0 Å².